The molecule has 1 aromatic carbocycles. The van der Waals surface area contributed by atoms with E-state index in [0.717, 1.165) is 4.90 Å². The molecular weight excluding hydrogens is 304 g/mol. The maximum absolute atomic E-state index is 11.6. The molecule has 20 heavy (non-hydrogen) atoms. The van der Waals surface area contributed by atoms with Crippen LogP contribution in [0.15, 0.2) is 24.3 Å². The molecule has 0 unspecified atom stereocenters. The Balaban J connectivity index is 2.14. The summed E-state index contributed by atoms with van der Waals surface area (Å²) < 4.78 is 21.9. The summed E-state index contributed by atoms with van der Waals surface area (Å²) in [5.74, 6) is -0.794. The molecule has 0 aromatic heterocycles. The van der Waals surface area contributed by atoms with Crippen molar-refractivity contribution in [1.82, 2.24) is 4.90 Å². The first-order chi connectivity index (χ1) is 9.26. The molecule has 1 saturated heterocycles. The van der Waals surface area contributed by atoms with E-state index in [4.69, 9.17) is 10.7 Å². The lowest BCUT2D eigenvalue weighted by molar-refractivity contribution is -0.143. The Hall–Kier alpha value is -1.60. The molecule has 0 radical (unpaired) electrons. The van der Waals surface area contributed by atoms with E-state index in [1.807, 2.05) is 0 Å². The predicted octanol–water partition coefficient (Wildman–Crippen LogP) is 0.560. The van der Waals surface area contributed by atoms with Crippen LogP contribution in [0.5, 0.6) is 0 Å². The topological polar surface area (TPSA) is 74.8 Å². The molecule has 2 rings (SSSR count). The van der Waals surface area contributed by atoms with Crippen LogP contribution in [-0.4, -0.2) is 45.3 Å². The second kappa shape index (κ2) is 5.41. The summed E-state index contributed by atoms with van der Waals surface area (Å²) in [4.78, 5) is 26.0. The highest BCUT2D eigenvalue weighted by Crippen LogP contribution is 2.19. The Bertz CT molecular complexity index is 624. The lowest BCUT2D eigenvalue weighted by atomic mass is 10.2. The molecule has 8 heteroatoms. The second-order valence-corrected chi connectivity index (χ2v) is 7.33. The molecule has 1 fully saturated rings. The summed E-state index contributed by atoms with van der Waals surface area (Å²) in [5.41, 5.74) is 1.24. The van der Waals surface area contributed by atoms with Crippen molar-refractivity contribution < 1.29 is 18.0 Å². The third kappa shape index (κ3) is 3.49. The van der Waals surface area contributed by atoms with E-state index in [0.29, 0.717) is 11.3 Å². The van der Waals surface area contributed by atoms with E-state index >= 15 is 0 Å². The van der Waals surface area contributed by atoms with Crippen molar-refractivity contribution in [3.63, 3.8) is 0 Å². The first kappa shape index (κ1) is 14.8. The van der Waals surface area contributed by atoms with Crippen molar-refractivity contribution >= 4 is 37.2 Å². The van der Waals surface area contributed by atoms with Crippen LogP contribution in [0, 0.1) is 0 Å². The number of likely N-dealkylation sites (N-methyl/N-ethyl adjacent to an activating group) is 1. The molecule has 0 bridgehead atoms. The zero-order valence-electron chi connectivity index (χ0n) is 10.7. The van der Waals surface area contributed by atoms with E-state index < -0.39 is 9.05 Å². The molecular formula is C12H13ClN2O4S. The van der Waals surface area contributed by atoms with E-state index in [-0.39, 0.29) is 30.7 Å². The number of nitrogens with zero attached hydrogens (tertiary/aromatic N) is 2. The van der Waals surface area contributed by atoms with Crippen LogP contribution in [0.25, 0.3) is 0 Å². The maximum atomic E-state index is 11.6. The third-order valence-corrected chi connectivity index (χ3v) is 4.05. The highest BCUT2D eigenvalue weighted by atomic mass is 35.7. The lowest BCUT2D eigenvalue weighted by Gasteiger charge is -2.32. The molecule has 0 atom stereocenters. The van der Waals surface area contributed by atoms with Crippen LogP contribution in [0.4, 0.5) is 5.69 Å². The predicted molar refractivity (Wildman–Crippen MR) is 74.9 cm³/mol. The minimum Gasteiger partial charge on any atom is -0.353 e. The Morgan fingerprint density at radius 1 is 1.10 bits per heavy atom. The number of piperazine rings is 1. The lowest BCUT2D eigenvalue weighted by Crippen LogP contribution is -2.52. The van der Waals surface area contributed by atoms with Gasteiger partial charge in [0.2, 0.25) is 20.9 Å². The monoisotopic (exact) mass is 316 g/mol. The molecule has 1 aliphatic heterocycles. The number of hydrogen-bond acceptors (Lipinski definition) is 5. The smallest absolute Gasteiger partial charge is 0.248 e. The number of halogens is 1. The van der Waals surface area contributed by atoms with E-state index in [2.05, 4.69) is 0 Å². The van der Waals surface area contributed by atoms with E-state index in [1.165, 1.54) is 7.05 Å². The standard InChI is InChI=1S/C12H13ClN2O4S/c1-14-11(16)6-15(7-12(14)17)10-4-2-9(3-5-10)8-20(13,18)19/h2-5H,6-8H2,1H3. The fourth-order valence-corrected chi connectivity index (χ4v) is 2.89. The van der Waals surface area contributed by atoms with Gasteiger partial charge in [-0.25, -0.2) is 8.42 Å². The van der Waals surface area contributed by atoms with Gasteiger partial charge in [-0.2, -0.15) is 0 Å². The molecule has 0 aliphatic carbocycles. The van der Waals surface area contributed by atoms with Gasteiger partial charge in [0, 0.05) is 23.4 Å². The fourth-order valence-electron chi connectivity index (χ4n) is 1.92. The number of rotatable bonds is 3. The second-order valence-electron chi connectivity index (χ2n) is 4.55. The summed E-state index contributed by atoms with van der Waals surface area (Å²) in [5, 5.41) is 0. The quantitative estimate of drug-likeness (QED) is 0.602. The van der Waals surface area contributed by atoms with Gasteiger partial charge in [-0.1, -0.05) is 12.1 Å². The van der Waals surface area contributed by atoms with Crippen molar-refractivity contribution in [2.24, 2.45) is 0 Å². The number of carbonyl (C=O) groups is 2. The van der Waals surface area contributed by atoms with Crippen LogP contribution in [0.1, 0.15) is 5.56 Å². The molecule has 1 aromatic rings. The van der Waals surface area contributed by atoms with E-state index in [9.17, 15) is 18.0 Å². The average molecular weight is 317 g/mol. The van der Waals surface area contributed by atoms with Gasteiger partial charge < -0.3 is 4.90 Å². The maximum Gasteiger partial charge on any atom is 0.248 e. The third-order valence-electron chi connectivity index (χ3n) is 3.04. The zero-order chi connectivity index (χ0) is 14.9. The summed E-state index contributed by atoms with van der Waals surface area (Å²) in [6, 6.07) is 6.57. The fraction of sp³-hybridized carbons (Fsp3) is 0.333. The van der Waals surface area contributed by atoms with Gasteiger partial charge in [0.1, 0.15) is 0 Å². The minimum atomic E-state index is -3.60. The molecule has 108 valence electrons. The number of hydrogen-bond donors (Lipinski definition) is 0. The number of benzene rings is 1. The summed E-state index contributed by atoms with van der Waals surface area (Å²) in [6.07, 6.45) is 0. The zero-order valence-corrected chi connectivity index (χ0v) is 12.3. The van der Waals surface area contributed by atoms with Gasteiger partial charge in [-0.3, -0.25) is 14.5 Å². The highest BCUT2D eigenvalue weighted by molar-refractivity contribution is 8.13. The van der Waals surface area contributed by atoms with Gasteiger partial charge in [-0.05, 0) is 17.7 Å². The van der Waals surface area contributed by atoms with Crippen molar-refractivity contribution in [3.8, 4) is 0 Å². The molecule has 0 spiro atoms. The molecule has 0 N–H and O–H groups in total. The van der Waals surface area contributed by atoms with Gasteiger partial charge in [0.25, 0.3) is 0 Å². The summed E-state index contributed by atoms with van der Waals surface area (Å²) in [6.45, 7) is 0.241. The molecule has 2 amide bonds. The van der Waals surface area contributed by atoms with Crippen LogP contribution in [-0.2, 0) is 24.4 Å². The molecule has 1 aliphatic rings. The van der Waals surface area contributed by atoms with Crippen molar-refractivity contribution in [1.29, 1.82) is 0 Å². The van der Waals surface area contributed by atoms with Crippen molar-refractivity contribution in [2.75, 3.05) is 25.0 Å². The number of carbonyl (C=O) groups excluding carboxylic acids is 2. The molecule has 6 nitrogen and oxygen atoms in total. The number of amides is 2. The Morgan fingerprint density at radius 2 is 1.60 bits per heavy atom. The van der Waals surface area contributed by atoms with Gasteiger partial charge in [0.15, 0.2) is 0 Å². The largest absolute Gasteiger partial charge is 0.353 e. The highest BCUT2D eigenvalue weighted by Gasteiger charge is 2.28. The first-order valence-corrected chi connectivity index (χ1v) is 8.30. The van der Waals surface area contributed by atoms with Crippen molar-refractivity contribution in [3.05, 3.63) is 29.8 Å². The Morgan fingerprint density at radius 3 is 2.05 bits per heavy atom. The van der Waals surface area contributed by atoms with E-state index in [1.54, 1.807) is 29.2 Å². The first-order valence-electron chi connectivity index (χ1n) is 5.82. The Labute approximate surface area is 121 Å². The molecule has 1 heterocycles. The number of imide groups is 1. The molecule has 0 saturated carbocycles. The van der Waals surface area contributed by atoms with Crippen LogP contribution < -0.4 is 4.90 Å². The SMILES string of the molecule is CN1C(=O)CN(c2ccc(CS(=O)(=O)Cl)cc2)CC1=O. The summed E-state index contributed by atoms with van der Waals surface area (Å²) in [7, 11) is 3.04. The normalized spacial score (nSPS) is 16.7. The van der Waals surface area contributed by atoms with Gasteiger partial charge >= 0.3 is 0 Å². The minimum absolute atomic E-state index is 0.120. The van der Waals surface area contributed by atoms with Gasteiger partial charge in [-0.15, -0.1) is 0 Å². The van der Waals surface area contributed by atoms with Crippen LogP contribution >= 0.6 is 10.7 Å². The van der Waals surface area contributed by atoms with Crippen LogP contribution in [0.2, 0.25) is 0 Å². The Kier molecular flexibility index (Phi) is 4.01. The summed E-state index contributed by atoms with van der Waals surface area (Å²) >= 11 is 0. The average Bonchev–Trinajstić information content (AvgIpc) is 2.34. The van der Waals surface area contributed by atoms with Crippen LogP contribution in [0.3, 0.4) is 0 Å². The van der Waals surface area contributed by atoms with Crippen molar-refractivity contribution in [2.45, 2.75) is 5.75 Å². The number of anilines is 1. The van der Waals surface area contributed by atoms with Gasteiger partial charge in [0.05, 0.1) is 18.8 Å².